The highest BCUT2D eigenvalue weighted by Gasteiger charge is 2.26. The Morgan fingerprint density at radius 2 is 1.94 bits per heavy atom. The number of pyridine rings is 1. The standard InChI is InChI=1S/C22H17FN8O/c1-13-9-15(10-26-28-13)18-19(14-5-3-2-4-6-14)27-21(24)31-20(18)29-30(22(31)32)12-17-8-7-16(23)11-25-17/h2-11H,12H2,1H3,(H2,24,27,28,29)/p+1. The molecule has 158 valence electrons. The molecule has 1 aromatic carbocycles. The SMILES string of the molecule is Cc1cc(-c2c(-c3ccccc3)nc(N)[n+]3c(=O)n(Cc4ccc(F)cn4)[nH]c23)cnn1. The van der Waals surface area contributed by atoms with Gasteiger partial charge in [-0.05, 0) is 25.1 Å². The summed E-state index contributed by atoms with van der Waals surface area (Å²) in [4.78, 5) is 21.8. The zero-order chi connectivity index (χ0) is 22.2. The number of nitrogens with one attached hydrogen (secondary N) is 1. The van der Waals surface area contributed by atoms with Gasteiger partial charge in [-0.15, -0.1) is 9.38 Å². The topological polar surface area (TPSA) is 119 Å². The molecule has 0 atom stereocenters. The number of fused-ring (bicyclic) bond motifs is 1. The molecule has 0 saturated carbocycles. The molecule has 0 aliphatic heterocycles. The zero-order valence-corrected chi connectivity index (χ0v) is 17.0. The normalized spacial score (nSPS) is 11.2. The van der Waals surface area contributed by atoms with Crippen LogP contribution in [-0.2, 0) is 6.54 Å². The van der Waals surface area contributed by atoms with Crippen LogP contribution >= 0.6 is 0 Å². The molecule has 4 heterocycles. The Labute approximate surface area is 181 Å². The highest BCUT2D eigenvalue weighted by molar-refractivity contribution is 5.88. The van der Waals surface area contributed by atoms with E-state index < -0.39 is 11.5 Å². The minimum atomic E-state index is -0.448. The van der Waals surface area contributed by atoms with Crippen molar-refractivity contribution in [3.8, 4) is 22.4 Å². The number of hydrogen-bond acceptors (Lipinski definition) is 6. The van der Waals surface area contributed by atoms with Gasteiger partial charge in [-0.2, -0.15) is 14.9 Å². The minimum Gasteiger partial charge on any atom is -0.319 e. The summed E-state index contributed by atoms with van der Waals surface area (Å²) in [5.41, 5.74) is 10.3. The van der Waals surface area contributed by atoms with Gasteiger partial charge in [-0.3, -0.25) is 4.98 Å². The molecule has 5 rings (SSSR count). The van der Waals surface area contributed by atoms with Crippen molar-refractivity contribution in [3.63, 3.8) is 0 Å². The third-order valence-corrected chi connectivity index (χ3v) is 5.04. The van der Waals surface area contributed by atoms with Crippen LogP contribution in [0.3, 0.4) is 0 Å². The molecule has 0 saturated heterocycles. The van der Waals surface area contributed by atoms with Crippen LogP contribution in [0.25, 0.3) is 28.0 Å². The van der Waals surface area contributed by atoms with Gasteiger partial charge < -0.3 is 5.73 Å². The molecule has 9 nitrogen and oxygen atoms in total. The van der Waals surface area contributed by atoms with E-state index in [0.717, 1.165) is 17.3 Å². The first-order valence-electron chi connectivity index (χ1n) is 9.81. The van der Waals surface area contributed by atoms with E-state index >= 15 is 0 Å². The van der Waals surface area contributed by atoms with Gasteiger partial charge >= 0.3 is 11.6 Å². The lowest BCUT2D eigenvalue weighted by Crippen LogP contribution is -2.44. The number of hydrogen-bond donors (Lipinski definition) is 2. The molecule has 0 fully saturated rings. The van der Waals surface area contributed by atoms with E-state index in [2.05, 4.69) is 25.3 Å². The van der Waals surface area contributed by atoms with Crippen LogP contribution in [0.1, 0.15) is 11.4 Å². The summed E-state index contributed by atoms with van der Waals surface area (Å²) in [6.45, 7) is 1.94. The number of aromatic amines is 1. The number of aryl methyl sites for hydroxylation is 1. The summed E-state index contributed by atoms with van der Waals surface area (Å²) in [7, 11) is 0. The minimum absolute atomic E-state index is 0.0356. The maximum absolute atomic E-state index is 13.2. The van der Waals surface area contributed by atoms with Gasteiger partial charge in [-0.1, -0.05) is 30.3 Å². The number of rotatable bonds is 4. The van der Waals surface area contributed by atoms with Crippen LogP contribution in [0.4, 0.5) is 10.3 Å². The summed E-state index contributed by atoms with van der Waals surface area (Å²) in [5.74, 6) is -0.413. The summed E-state index contributed by atoms with van der Waals surface area (Å²) in [5, 5.41) is 11.2. The maximum Gasteiger partial charge on any atom is 0.428 e. The van der Waals surface area contributed by atoms with Crippen molar-refractivity contribution in [2.45, 2.75) is 13.5 Å². The van der Waals surface area contributed by atoms with Gasteiger partial charge in [0.1, 0.15) is 18.1 Å². The maximum atomic E-state index is 13.2. The first-order chi connectivity index (χ1) is 15.5. The van der Waals surface area contributed by atoms with Crippen molar-refractivity contribution in [1.29, 1.82) is 0 Å². The molecule has 0 spiro atoms. The lowest BCUT2D eigenvalue weighted by molar-refractivity contribution is -0.516. The summed E-state index contributed by atoms with van der Waals surface area (Å²) in [6.07, 6.45) is 2.72. The largest absolute Gasteiger partial charge is 0.428 e. The molecule has 5 aromatic rings. The Bertz CT molecular complexity index is 1490. The Kier molecular flexibility index (Phi) is 4.66. The Balaban J connectivity index is 1.79. The van der Waals surface area contributed by atoms with Crippen molar-refractivity contribution in [2.24, 2.45) is 0 Å². The van der Waals surface area contributed by atoms with Crippen LogP contribution in [0, 0.1) is 12.7 Å². The van der Waals surface area contributed by atoms with Crippen LogP contribution < -0.4 is 15.8 Å². The fourth-order valence-corrected chi connectivity index (χ4v) is 3.61. The summed E-state index contributed by atoms with van der Waals surface area (Å²) < 4.78 is 15.9. The second-order valence-electron chi connectivity index (χ2n) is 7.28. The average Bonchev–Trinajstić information content (AvgIpc) is 3.12. The van der Waals surface area contributed by atoms with Gasteiger partial charge in [0.05, 0.1) is 29.3 Å². The number of benzene rings is 1. The predicted octanol–water partition coefficient (Wildman–Crippen LogP) is 1.91. The molecule has 0 bridgehead atoms. The second-order valence-corrected chi connectivity index (χ2v) is 7.28. The Hall–Kier alpha value is -4.47. The quantitative estimate of drug-likeness (QED) is 0.421. The number of anilines is 1. The van der Waals surface area contributed by atoms with E-state index in [1.807, 2.05) is 43.3 Å². The molecular weight excluding hydrogens is 411 g/mol. The predicted molar refractivity (Wildman–Crippen MR) is 115 cm³/mol. The lowest BCUT2D eigenvalue weighted by Gasteiger charge is -2.08. The van der Waals surface area contributed by atoms with Gasteiger partial charge in [-0.25, -0.2) is 14.3 Å². The summed E-state index contributed by atoms with van der Waals surface area (Å²) in [6, 6.07) is 14.2. The van der Waals surface area contributed by atoms with Crippen molar-refractivity contribution in [3.05, 3.63) is 88.6 Å². The van der Waals surface area contributed by atoms with E-state index in [-0.39, 0.29) is 12.5 Å². The van der Waals surface area contributed by atoms with Crippen LogP contribution in [0.2, 0.25) is 0 Å². The number of H-pyrrole nitrogens is 1. The monoisotopic (exact) mass is 429 g/mol. The molecule has 3 N–H and O–H groups in total. The van der Waals surface area contributed by atoms with E-state index in [0.29, 0.717) is 28.3 Å². The molecule has 10 heteroatoms. The summed E-state index contributed by atoms with van der Waals surface area (Å²) >= 11 is 0. The number of nitrogens with two attached hydrogens (primary N) is 1. The number of nitrogen functional groups attached to an aromatic ring is 1. The highest BCUT2D eigenvalue weighted by Crippen LogP contribution is 2.32. The molecular formula is C22H18FN8O+. The lowest BCUT2D eigenvalue weighted by atomic mass is 10.0. The van der Waals surface area contributed by atoms with Crippen LogP contribution in [0.5, 0.6) is 0 Å². The second kappa shape index (κ2) is 7.65. The third-order valence-electron chi connectivity index (χ3n) is 5.04. The molecule has 32 heavy (non-hydrogen) atoms. The molecule has 0 unspecified atom stereocenters. The molecule has 0 aliphatic rings. The number of aromatic nitrogens is 7. The van der Waals surface area contributed by atoms with Crippen LogP contribution in [-0.4, -0.2) is 29.9 Å². The van der Waals surface area contributed by atoms with E-state index in [4.69, 9.17) is 5.73 Å². The molecule has 4 aromatic heterocycles. The highest BCUT2D eigenvalue weighted by atomic mass is 19.1. The van der Waals surface area contributed by atoms with Gasteiger partial charge in [0.15, 0.2) is 0 Å². The average molecular weight is 429 g/mol. The third kappa shape index (κ3) is 3.37. The smallest absolute Gasteiger partial charge is 0.319 e. The van der Waals surface area contributed by atoms with Gasteiger partial charge in [0.2, 0.25) is 5.65 Å². The van der Waals surface area contributed by atoms with Crippen LogP contribution in [0.15, 0.2) is 65.7 Å². The Morgan fingerprint density at radius 3 is 2.66 bits per heavy atom. The van der Waals surface area contributed by atoms with E-state index in [1.54, 1.807) is 6.20 Å². The van der Waals surface area contributed by atoms with Crippen molar-refractivity contribution in [2.75, 3.05) is 5.73 Å². The Morgan fingerprint density at radius 1 is 1.12 bits per heavy atom. The van der Waals surface area contributed by atoms with Crippen molar-refractivity contribution >= 4 is 11.6 Å². The van der Waals surface area contributed by atoms with Gasteiger partial charge in [0, 0.05) is 11.1 Å². The first kappa shape index (κ1) is 19.5. The van der Waals surface area contributed by atoms with Crippen molar-refractivity contribution < 1.29 is 8.79 Å². The van der Waals surface area contributed by atoms with Crippen molar-refractivity contribution in [1.82, 2.24) is 29.9 Å². The molecule has 0 aliphatic carbocycles. The zero-order valence-electron chi connectivity index (χ0n) is 17.0. The first-order valence-corrected chi connectivity index (χ1v) is 9.81. The molecule has 0 radical (unpaired) electrons. The fraction of sp³-hybridized carbons (Fsp3) is 0.0909. The number of nitrogens with zero attached hydrogens (tertiary/aromatic N) is 6. The number of halogens is 1. The van der Waals surface area contributed by atoms with Gasteiger partial charge in [0.25, 0.3) is 0 Å². The fourth-order valence-electron chi connectivity index (χ4n) is 3.61. The van der Waals surface area contributed by atoms with E-state index in [9.17, 15) is 9.18 Å². The van der Waals surface area contributed by atoms with E-state index in [1.165, 1.54) is 21.2 Å². The molecule has 0 amide bonds.